The van der Waals surface area contributed by atoms with Gasteiger partial charge in [-0.05, 0) is 20.8 Å². The molecule has 1 unspecified atom stereocenters. The summed E-state index contributed by atoms with van der Waals surface area (Å²) < 4.78 is 30.2. The molecule has 0 aromatic heterocycles. The second-order valence-corrected chi connectivity index (χ2v) is 7.55. The maximum atomic E-state index is 12.2. The molecule has 0 aliphatic carbocycles. The second kappa shape index (κ2) is 6.84. The lowest BCUT2D eigenvalue weighted by molar-refractivity contribution is -0.137. The first kappa shape index (κ1) is 17.4. The van der Waals surface area contributed by atoms with Crippen LogP contribution < -0.4 is 10.0 Å². The normalized spacial score (nSPS) is 18.9. The number of amides is 1. The molecule has 1 heterocycles. The number of morpholine rings is 1. The van der Waals surface area contributed by atoms with Crippen LogP contribution in [0.5, 0.6) is 0 Å². The van der Waals surface area contributed by atoms with Crippen LogP contribution >= 0.6 is 0 Å². The molecule has 0 aromatic carbocycles. The molecule has 0 aromatic rings. The van der Waals surface area contributed by atoms with Crippen molar-refractivity contribution in [3.05, 3.63) is 0 Å². The average molecular weight is 307 g/mol. The maximum absolute atomic E-state index is 12.2. The summed E-state index contributed by atoms with van der Waals surface area (Å²) >= 11 is 0. The van der Waals surface area contributed by atoms with E-state index in [1.54, 1.807) is 25.7 Å². The summed E-state index contributed by atoms with van der Waals surface area (Å²) in [5.74, 6) is 0.0171. The molecule has 1 rings (SSSR count). The topological polar surface area (TPSA) is 87.7 Å². The Morgan fingerprint density at radius 2 is 1.90 bits per heavy atom. The number of nitrogens with one attached hydrogen (secondary N) is 2. The van der Waals surface area contributed by atoms with Crippen molar-refractivity contribution in [2.24, 2.45) is 0 Å². The molecule has 1 saturated heterocycles. The van der Waals surface area contributed by atoms with Crippen molar-refractivity contribution in [1.29, 1.82) is 0 Å². The summed E-state index contributed by atoms with van der Waals surface area (Å²) in [6.07, 6.45) is 1.12. The first-order valence-electron chi connectivity index (χ1n) is 6.70. The zero-order chi connectivity index (χ0) is 15.4. The number of hydrogen-bond acceptors (Lipinski definition) is 5. The largest absolute Gasteiger partial charge is 0.378 e. The van der Waals surface area contributed by atoms with Gasteiger partial charge < -0.3 is 15.0 Å². The number of carbonyl (C=O) groups excluding carboxylic acids is 1. The molecule has 2 N–H and O–H groups in total. The van der Waals surface area contributed by atoms with Gasteiger partial charge in [0.15, 0.2) is 0 Å². The van der Waals surface area contributed by atoms with Crippen LogP contribution in [0.15, 0.2) is 0 Å². The summed E-state index contributed by atoms with van der Waals surface area (Å²) in [5, 5.41) is 3.08. The van der Waals surface area contributed by atoms with E-state index >= 15 is 0 Å². The van der Waals surface area contributed by atoms with Gasteiger partial charge in [0.25, 0.3) is 0 Å². The number of nitrogens with zero attached hydrogens (tertiary/aromatic N) is 1. The molecule has 7 nitrogen and oxygen atoms in total. The molecule has 0 saturated carbocycles. The second-order valence-electron chi connectivity index (χ2n) is 5.80. The number of sulfonamides is 1. The van der Waals surface area contributed by atoms with Crippen molar-refractivity contribution in [3.63, 3.8) is 0 Å². The lowest BCUT2D eigenvalue weighted by atomic mass is 10.1. The third-order valence-electron chi connectivity index (χ3n) is 3.01. The molecule has 1 atom stereocenters. The Labute approximate surface area is 121 Å². The number of carbonyl (C=O) groups is 1. The Bertz CT molecular complexity index is 430. The van der Waals surface area contributed by atoms with Gasteiger partial charge in [0.05, 0.1) is 25.5 Å². The van der Waals surface area contributed by atoms with Gasteiger partial charge in [-0.25, -0.2) is 13.1 Å². The Morgan fingerprint density at radius 1 is 1.35 bits per heavy atom. The molecule has 8 heteroatoms. The Balaban J connectivity index is 2.45. The highest BCUT2D eigenvalue weighted by atomic mass is 32.2. The van der Waals surface area contributed by atoms with Gasteiger partial charge >= 0.3 is 0 Å². The van der Waals surface area contributed by atoms with Gasteiger partial charge in [0.2, 0.25) is 15.9 Å². The molecule has 1 aliphatic heterocycles. The Kier molecular flexibility index (Phi) is 5.93. The average Bonchev–Trinajstić information content (AvgIpc) is 2.33. The van der Waals surface area contributed by atoms with Crippen LogP contribution in [-0.2, 0) is 19.6 Å². The van der Waals surface area contributed by atoms with Gasteiger partial charge in [-0.15, -0.1) is 0 Å². The number of hydrogen-bond donors (Lipinski definition) is 2. The molecule has 0 radical (unpaired) electrons. The van der Waals surface area contributed by atoms with E-state index in [1.807, 2.05) is 0 Å². The molecule has 1 amide bonds. The molecule has 20 heavy (non-hydrogen) atoms. The minimum atomic E-state index is -3.27. The predicted octanol–water partition coefficient (Wildman–Crippen LogP) is -0.849. The molecule has 118 valence electrons. The smallest absolute Gasteiger partial charge is 0.239 e. The highest BCUT2D eigenvalue weighted by Gasteiger charge is 2.26. The summed E-state index contributed by atoms with van der Waals surface area (Å²) in [6, 6.07) is -0.353. The molecular weight excluding hydrogens is 282 g/mol. The van der Waals surface area contributed by atoms with Crippen LogP contribution in [-0.4, -0.2) is 69.9 Å². The monoisotopic (exact) mass is 307 g/mol. The SMILES string of the molecule is CC(NCC(C)(C)NS(C)(=O)=O)C(=O)N1CCOCC1. The zero-order valence-corrected chi connectivity index (χ0v) is 13.4. The minimum absolute atomic E-state index is 0.0171. The molecule has 0 bridgehead atoms. The lowest BCUT2D eigenvalue weighted by Crippen LogP contribution is -2.55. The quantitative estimate of drug-likeness (QED) is 0.667. The minimum Gasteiger partial charge on any atom is -0.378 e. The number of ether oxygens (including phenoxy) is 1. The van der Waals surface area contributed by atoms with E-state index in [-0.39, 0.29) is 11.9 Å². The molecular formula is C12H25N3O4S. The Morgan fingerprint density at radius 3 is 2.40 bits per heavy atom. The lowest BCUT2D eigenvalue weighted by Gasteiger charge is -2.31. The van der Waals surface area contributed by atoms with Crippen molar-refractivity contribution in [3.8, 4) is 0 Å². The van der Waals surface area contributed by atoms with Crippen LogP contribution in [0.1, 0.15) is 20.8 Å². The third kappa shape index (κ3) is 6.17. The predicted molar refractivity (Wildman–Crippen MR) is 76.9 cm³/mol. The van der Waals surface area contributed by atoms with Gasteiger partial charge in [0.1, 0.15) is 0 Å². The van der Waals surface area contributed by atoms with E-state index < -0.39 is 15.6 Å². The molecule has 0 spiro atoms. The first-order chi connectivity index (χ1) is 9.11. The fourth-order valence-electron chi connectivity index (χ4n) is 2.09. The highest BCUT2D eigenvalue weighted by Crippen LogP contribution is 2.05. The molecule has 1 fully saturated rings. The Hall–Kier alpha value is -0.700. The van der Waals surface area contributed by atoms with Gasteiger partial charge in [0, 0.05) is 25.2 Å². The van der Waals surface area contributed by atoms with E-state index in [2.05, 4.69) is 10.0 Å². The maximum Gasteiger partial charge on any atom is 0.239 e. The van der Waals surface area contributed by atoms with E-state index in [4.69, 9.17) is 4.74 Å². The van der Waals surface area contributed by atoms with Crippen LogP contribution in [0.4, 0.5) is 0 Å². The number of rotatable bonds is 6. The van der Waals surface area contributed by atoms with Crippen molar-refractivity contribution in [1.82, 2.24) is 14.9 Å². The van der Waals surface area contributed by atoms with Crippen LogP contribution in [0.25, 0.3) is 0 Å². The van der Waals surface area contributed by atoms with Gasteiger partial charge in [-0.2, -0.15) is 0 Å². The standard InChI is InChI=1S/C12H25N3O4S/c1-10(11(16)15-5-7-19-8-6-15)13-9-12(2,3)14-20(4,17)18/h10,13-14H,5-9H2,1-4H3. The molecule has 1 aliphatic rings. The van der Waals surface area contributed by atoms with E-state index in [0.717, 1.165) is 6.26 Å². The van der Waals surface area contributed by atoms with Gasteiger partial charge in [-0.3, -0.25) is 4.79 Å². The summed E-state index contributed by atoms with van der Waals surface area (Å²) in [5.41, 5.74) is -0.646. The van der Waals surface area contributed by atoms with E-state index in [1.165, 1.54) is 0 Å². The first-order valence-corrected chi connectivity index (χ1v) is 8.59. The highest BCUT2D eigenvalue weighted by molar-refractivity contribution is 7.88. The van der Waals surface area contributed by atoms with Crippen molar-refractivity contribution in [2.45, 2.75) is 32.4 Å². The fraction of sp³-hybridized carbons (Fsp3) is 0.917. The van der Waals surface area contributed by atoms with Crippen molar-refractivity contribution >= 4 is 15.9 Å². The van der Waals surface area contributed by atoms with Crippen LogP contribution in [0, 0.1) is 0 Å². The summed E-state index contributed by atoms with van der Waals surface area (Å²) in [7, 11) is -3.27. The van der Waals surface area contributed by atoms with Crippen molar-refractivity contribution in [2.75, 3.05) is 39.1 Å². The van der Waals surface area contributed by atoms with Crippen LogP contribution in [0.3, 0.4) is 0 Å². The van der Waals surface area contributed by atoms with Crippen molar-refractivity contribution < 1.29 is 17.9 Å². The van der Waals surface area contributed by atoms with E-state index in [9.17, 15) is 13.2 Å². The third-order valence-corrected chi connectivity index (χ3v) is 3.93. The zero-order valence-electron chi connectivity index (χ0n) is 12.6. The fourth-order valence-corrected chi connectivity index (χ4v) is 3.17. The van der Waals surface area contributed by atoms with Gasteiger partial charge in [-0.1, -0.05) is 0 Å². The van der Waals surface area contributed by atoms with Crippen LogP contribution in [0.2, 0.25) is 0 Å². The summed E-state index contributed by atoms with van der Waals surface area (Å²) in [6.45, 7) is 8.05. The summed E-state index contributed by atoms with van der Waals surface area (Å²) in [4.78, 5) is 13.9. The van der Waals surface area contributed by atoms with E-state index in [0.29, 0.717) is 32.8 Å².